The standard InChI is InChI=1S/C15H17NO2S/c16-12-13-5-4-6-14(11-13)18-9-10-19(17)15-7-2-1-3-8-15/h1-8,11H,9-10,12,16H2. The summed E-state index contributed by atoms with van der Waals surface area (Å²) < 4.78 is 17.6. The first-order valence-corrected chi connectivity index (χ1v) is 7.47. The maximum Gasteiger partial charge on any atom is 0.119 e. The van der Waals surface area contributed by atoms with Crippen molar-refractivity contribution in [1.29, 1.82) is 0 Å². The van der Waals surface area contributed by atoms with Gasteiger partial charge in [0.05, 0.1) is 16.6 Å². The summed E-state index contributed by atoms with van der Waals surface area (Å²) in [5.41, 5.74) is 6.60. The van der Waals surface area contributed by atoms with Crippen LogP contribution in [0.25, 0.3) is 0 Å². The normalized spacial score (nSPS) is 12.1. The van der Waals surface area contributed by atoms with E-state index in [0.29, 0.717) is 18.9 Å². The van der Waals surface area contributed by atoms with E-state index >= 15 is 0 Å². The second-order valence-electron chi connectivity index (χ2n) is 4.06. The van der Waals surface area contributed by atoms with Gasteiger partial charge in [0, 0.05) is 11.4 Å². The Morgan fingerprint density at radius 3 is 2.58 bits per heavy atom. The van der Waals surface area contributed by atoms with Crippen molar-refractivity contribution in [2.24, 2.45) is 5.73 Å². The van der Waals surface area contributed by atoms with E-state index in [0.717, 1.165) is 16.2 Å². The molecular formula is C15H17NO2S. The largest absolute Gasteiger partial charge is 0.493 e. The molecule has 0 aliphatic heterocycles. The number of hydrogen-bond acceptors (Lipinski definition) is 3. The summed E-state index contributed by atoms with van der Waals surface area (Å²) in [5.74, 6) is 1.25. The van der Waals surface area contributed by atoms with Gasteiger partial charge >= 0.3 is 0 Å². The zero-order valence-electron chi connectivity index (χ0n) is 10.6. The first-order chi connectivity index (χ1) is 9.29. The minimum absolute atomic E-state index is 0.426. The SMILES string of the molecule is NCc1cccc(OCCS(=O)c2ccccc2)c1. The summed E-state index contributed by atoms with van der Waals surface area (Å²) in [6.45, 7) is 0.919. The molecule has 0 aliphatic carbocycles. The molecule has 0 saturated carbocycles. The molecule has 100 valence electrons. The second kappa shape index (κ2) is 7.07. The predicted octanol–water partition coefficient (Wildman–Crippen LogP) is 2.33. The summed E-state index contributed by atoms with van der Waals surface area (Å²) in [6, 6.07) is 17.1. The molecule has 4 heteroatoms. The third-order valence-corrected chi connectivity index (χ3v) is 4.01. The molecule has 0 radical (unpaired) electrons. The van der Waals surface area contributed by atoms with Gasteiger partial charge in [-0.3, -0.25) is 4.21 Å². The molecule has 3 nitrogen and oxygen atoms in total. The van der Waals surface area contributed by atoms with E-state index in [1.165, 1.54) is 0 Å². The molecule has 2 aromatic rings. The molecule has 1 atom stereocenters. The van der Waals surface area contributed by atoms with E-state index in [2.05, 4.69) is 0 Å². The molecule has 0 bridgehead atoms. The van der Waals surface area contributed by atoms with Crippen LogP contribution < -0.4 is 10.5 Å². The molecule has 1 unspecified atom stereocenters. The van der Waals surface area contributed by atoms with Gasteiger partial charge in [-0.1, -0.05) is 30.3 Å². The Balaban J connectivity index is 1.85. The maximum atomic E-state index is 12.0. The second-order valence-corrected chi connectivity index (χ2v) is 5.63. The summed E-state index contributed by atoms with van der Waals surface area (Å²) in [6.07, 6.45) is 0. The van der Waals surface area contributed by atoms with Crippen molar-refractivity contribution in [3.05, 3.63) is 60.2 Å². The number of hydrogen-bond donors (Lipinski definition) is 1. The van der Waals surface area contributed by atoms with Gasteiger partial charge in [0.2, 0.25) is 0 Å². The third kappa shape index (κ3) is 4.19. The molecule has 0 heterocycles. The number of ether oxygens (including phenoxy) is 1. The minimum Gasteiger partial charge on any atom is -0.493 e. The number of nitrogens with two attached hydrogens (primary N) is 1. The molecule has 0 fully saturated rings. The lowest BCUT2D eigenvalue weighted by Gasteiger charge is -2.07. The van der Waals surface area contributed by atoms with Crippen LogP contribution in [0.3, 0.4) is 0 Å². The smallest absolute Gasteiger partial charge is 0.119 e. The highest BCUT2D eigenvalue weighted by molar-refractivity contribution is 7.85. The van der Waals surface area contributed by atoms with E-state index in [-0.39, 0.29) is 0 Å². The van der Waals surface area contributed by atoms with Gasteiger partial charge in [-0.15, -0.1) is 0 Å². The van der Waals surface area contributed by atoms with Crippen LogP contribution in [0, 0.1) is 0 Å². The van der Waals surface area contributed by atoms with E-state index in [4.69, 9.17) is 10.5 Å². The Kier molecular flexibility index (Phi) is 5.12. The molecule has 2 N–H and O–H groups in total. The van der Waals surface area contributed by atoms with Crippen LogP contribution >= 0.6 is 0 Å². The van der Waals surface area contributed by atoms with Crippen molar-refractivity contribution >= 4 is 10.8 Å². The van der Waals surface area contributed by atoms with Crippen LogP contribution in [0.15, 0.2) is 59.5 Å². The molecule has 0 saturated heterocycles. The zero-order chi connectivity index (χ0) is 13.5. The van der Waals surface area contributed by atoms with Crippen molar-refractivity contribution in [1.82, 2.24) is 0 Å². The zero-order valence-corrected chi connectivity index (χ0v) is 11.4. The molecule has 0 spiro atoms. The fourth-order valence-electron chi connectivity index (χ4n) is 1.69. The van der Waals surface area contributed by atoms with E-state index in [1.54, 1.807) is 0 Å². The Morgan fingerprint density at radius 2 is 1.84 bits per heavy atom. The lowest BCUT2D eigenvalue weighted by Crippen LogP contribution is -2.09. The summed E-state index contributed by atoms with van der Waals surface area (Å²) in [5, 5.41) is 0. The third-order valence-electron chi connectivity index (χ3n) is 2.68. The number of rotatable bonds is 6. The van der Waals surface area contributed by atoms with Crippen LogP contribution in [0.4, 0.5) is 0 Å². The van der Waals surface area contributed by atoms with Crippen molar-refractivity contribution in [3.63, 3.8) is 0 Å². The Morgan fingerprint density at radius 1 is 1.05 bits per heavy atom. The average Bonchev–Trinajstić information content (AvgIpc) is 2.48. The molecule has 19 heavy (non-hydrogen) atoms. The van der Waals surface area contributed by atoms with Gasteiger partial charge in [-0.25, -0.2) is 0 Å². The lowest BCUT2D eigenvalue weighted by atomic mass is 10.2. The Hall–Kier alpha value is -1.65. The summed E-state index contributed by atoms with van der Waals surface area (Å²) in [4.78, 5) is 0.835. The Bertz CT molecular complexity index is 543. The molecule has 2 aromatic carbocycles. The minimum atomic E-state index is -1.01. The molecule has 2 rings (SSSR count). The van der Waals surface area contributed by atoms with Crippen LogP contribution in [-0.4, -0.2) is 16.6 Å². The monoisotopic (exact) mass is 275 g/mol. The molecule has 0 aliphatic rings. The van der Waals surface area contributed by atoms with Crippen LogP contribution in [0.2, 0.25) is 0 Å². The molecule has 0 aromatic heterocycles. The highest BCUT2D eigenvalue weighted by Gasteiger charge is 2.03. The predicted molar refractivity (Wildman–Crippen MR) is 77.5 cm³/mol. The van der Waals surface area contributed by atoms with Crippen molar-refractivity contribution in [2.45, 2.75) is 11.4 Å². The van der Waals surface area contributed by atoms with Gasteiger partial charge in [0.15, 0.2) is 0 Å². The van der Waals surface area contributed by atoms with E-state index < -0.39 is 10.8 Å². The van der Waals surface area contributed by atoms with Crippen LogP contribution in [0.5, 0.6) is 5.75 Å². The average molecular weight is 275 g/mol. The highest BCUT2D eigenvalue weighted by atomic mass is 32.2. The van der Waals surface area contributed by atoms with Crippen molar-refractivity contribution in [2.75, 3.05) is 12.4 Å². The molecular weight excluding hydrogens is 258 g/mol. The lowest BCUT2D eigenvalue weighted by molar-refractivity contribution is 0.342. The fraction of sp³-hybridized carbons (Fsp3) is 0.200. The van der Waals surface area contributed by atoms with Gasteiger partial charge in [0.25, 0.3) is 0 Å². The van der Waals surface area contributed by atoms with Gasteiger partial charge in [-0.05, 0) is 29.8 Å². The fourth-order valence-corrected chi connectivity index (χ4v) is 2.62. The summed E-state index contributed by atoms with van der Waals surface area (Å²) in [7, 11) is -1.01. The van der Waals surface area contributed by atoms with Crippen molar-refractivity contribution < 1.29 is 8.95 Å². The first-order valence-electron chi connectivity index (χ1n) is 6.15. The van der Waals surface area contributed by atoms with Crippen LogP contribution in [0.1, 0.15) is 5.56 Å². The topological polar surface area (TPSA) is 52.3 Å². The first kappa shape index (κ1) is 13.8. The number of benzene rings is 2. The van der Waals surface area contributed by atoms with E-state index in [1.807, 2.05) is 54.6 Å². The molecule has 0 amide bonds. The van der Waals surface area contributed by atoms with Crippen molar-refractivity contribution in [3.8, 4) is 5.75 Å². The maximum absolute atomic E-state index is 12.0. The highest BCUT2D eigenvalue weighted by Crippen LogP contribution is 2.13. The van der Waals surface area contributed by atoms with Gasteiger partial charge in [0.1, 0.15) is 12.4 Å². The van der Waals surface area contributed by atoms with Gasteiger partial charge < -0.3 is 10.5 Å². The van der Waals surface area contributed by atoms with Crippen LogP contribution in [-0.2, 0) is 17.3 Å². The van der Waals surface area contributed by atoms with Gasteiger partial charge in [-0.2, -0.15) is 0 Å². The Labute approximate surface area is 115 Å². The van der Waals surface area contributed by atoms with E-state index in [9.17, 15) is 4.21 Å². The quantitative estimate of drug-likeness (QED) is 0.880. The summed E-state index contributed by atoms with van der Waals surface area (Å²) >= 11 is 0.